The SMILES string of the molecule is C.F.F.F.S. The third kappa shape index (κ3) is 967. The van der Waals surface area contributed by atoms with Gasteiger partial charge in [-0.15, -0.1) is 0 Å². The first-order valence-corrected chi connectivity index (χ1v) is 0. The van der Waals surface area contributed by atoms with Crippen LogP contribution in [0.4, 0.5) is 14.1 Å². The second kappa shape index (κ2) is 2080. The Kier molecular flexibility index (Phi) is 1870000. The van der Waals surface area contributed by atoms with Gasteiger partial charge >= 0.3 is 0 Å². The van der Waals surface area contributed by atoms with Crippen molar-refractivity contribution in [2.24, 2.45) is 0 Å². The molecule has 0 atom stereocenters. The minimum atomic E-state index is 0. The maximum absolute atomic E-state index is 0. The van der Waals surface area contributed by atoms with Crippen LogP contribution >= 0.6 is 13.5 Å². The van der Waals surface area contributed by atoms with Crippen molar-refractivity contribution in [3.05, 3.63) is 0 Å². The van der Waals surface area contributed by atoms with Crippen LogP contribution in [0, 0.1) is 0 Å². The van der Waals surface area contributed by atoms with Crippen LogP contribution in [0.3, 0.4) is 0 Å². The molecule has 0 heterocycles. The van der Waals surface area contributed by atoms with Crippen LogP contribution < -0.4 is 0 Å². The van der Waals surface area contributed by atoms with Gasteiger partial charge in [-0.25, -0.2) is 0 Å². The lowest BCUT2D eigenvalue weighted by atomic mass is 12.0. The summed E-state index contributed by atoms with van der Waals surface area (Å²) < 4.78 is 0. The summed E-state index contributed by atoms with van der Waals surface area (Å²) in [7, 11) is 0. The normalized spacial score (nSPS) is 0. The fourth-order valence-electron chi connectivity index (χ4n) is 0. The highest BCUT2D eigenvalue weighted by Crippen LogP contribution is 0.648. The molecular formula is CH9F3S. The van der Waals surface area contributed by atoms with E-state index in [4.69, 9.17) is 0 Å². The van der Waals surface area contributed by atoms with Gasteiger partial charge in [-0.1, -0.05) is 7.43 Å². The summed E-state index contributed by atoms with van der Waals surface area (Å²) in [4.78, 5) is 0. The fourth-order valence-corrected chi connectivity index (χ4v) is 0. The Morgan fingerprint density at radius 1 is 0.600 bits per heavy atom. The average Bonchev–Trinajstić information content (AvgIpc) is 0. The van der Waals surface area contributed by atoms with Gasteiger partial charge < -0.3 is 0 Å². The van der Waals surface area contributed by atoms with E-state index >= 15 is 0 Å². The number of hydrogen-bond acceptors (Lipinski definition) is 0. The summed E-state index contributed by atoms with van der Waals surface area (Å²) >= 11 is 0. The zero-order valence-electron chi connectivity index (χ0n) is 1.72. The van der Waals surface area contributed by atoms with Crippen molar-refractivity contribution in [1.82, 2.24) is 0 Å². The van der Waals surface area contributed by atoms with E-state index < -0.39 is 0 Å². The second-order valence-corrected chi connectivity index (χ2v) is 0. The Balaban J connectivity index is 0. The molecule has 0 aliphatic heterocycles. The van der Waals surface area contributed by atoms with Crippen LogP contribution in [0.2, 0.25) is 0 Å². The molecule has 0 rings (SSSR count). The van der Waals surface area contributed by atoms with Crippen LogP contribution in [0.15, 0.2) is 0 Å². The predicted molar refractivity (Wildman–Crippen MR) is 24.6 cm³/mol. The molecule has 0 aromatic rings. The molecule has 4 heteroatoms. The zero-order valence-corrected chi connectivity index (χ0v) is 2.72. The van der Waals surface area contributed by atoms with Crippen molar-refractivity contribution < 1.29 is 14.1 Å². The lowest BCUT2D eigenvalue weighted by Crippen LogP contribution is 0.144. The first-order chi connectivity index (χ1) is 0. The van der Waals surface area contributed by atoms with Gasteiger partial charge in [-0.2, -0.15) is 13.5 Å². The molecule has 0 fully saturated rings. The minimum Gasteiger partial charge on any atom is -0.269 e. The van der Waals surface area contributed by atoms with Crippen molar-refractivity contribution in [3.8, 4) is 0 Å². The Bertz CT molecular complexity index is 6.85. The molecule has 5 heavy (non-hydrogen) atoms. The van der Waals surface area contributed by atoms with Gasteiger partial charge in [0.15, 0.2) is 0 Å². The van der Waals surface area contributed by atoms with Crippen LogP contribution in [0.5, 0.6) is 0 Å². The monoisotopic (exact) mass is 110 g/mol. The van der Waals surface area contributed by atoms with Crippen LogP contribution in [0.25, 0.3) is 0 Å². The highest BCUT2D eigenvalue weighted by atomic mass is 32.1. The van der Waals surface area contributed by atoms with Crippen LogP contribution in [-0.4, -0.2) is 0 Å². The minimum absolute atomic E-state index is 0. The van der Waals surface area contributed by atoms with Crippen molar-refractivity contribution in [1.29, 1.82) is 0 Å². The average molecular weight is 110 g/mol. The van der Waals surface area contributed by atoms with Gasteiger partial charge in [0, 0.05) is 0 Å². The summed E-state index contributed by atoms with van der Waals surface area (Å²) in [6.45, 7) is 0. The van der Waals surface area contributed by atoms with E-state index in [9.17, 15) is 0 Å². The lowest BCUT2D eigenvalue weighted by Gasteiger charge is -0.270. The van der Waals surface area contributed by atoms with E-state index in [-0.39, 0.29) is 35.0 Å². The Morgan fingerprint density at radius 3 is 0.600 bits per heavy atom. The Morgan fingerprint density at radius 2 is 0.600 bits per heavy atom. The largest absolute Gasteiger partial charge is 0.269 e. The maximum Gasteiger partial charge on any atom is -0.0776 e. The molecule has 0 aromatic heterocycles. The summed E-state index contributed by atoms with van der Waals surface area (Å²) in [6, 6.07) is 0. The standard InChI is InChI=1S/CH4.3FH.H2S/h1H4;3*1H;1H2. The molecule has 0 saturated carbocycles. The lowest BCUT2D eigenvalue weighted by molar-refractivity contribution is 1.11. The molecule has 0 aromatic carbocycles. The third-order valence-corrected chi connectivity index (χ3v) is 0. The van der Waals surface area contributed by atoms with Gasteiger partial charge in [0.1, 0.15) is 0 Å². The highest BCUT2D eigenvalue weighted by molar-refractivity contribution is 7.59. The van der Waals surface area contributed by atoms with E-state index in [2.05, 4.69) is 0 Å². The van der Waals surface area contributed by atoms with Crippen molar-refractivity contribution in [2.45, 2.75) is 7.43 Å². The molecular weight excluding hydrogens is 101 g/mol. The van der Waals surface area contributed by atoms with Crippen molar-refractivity contribution in [3.63, 3.8) is 0 Å². The van der Waals surface area contributed by atoms with Gasteiger partial charge in [0.25, 0.3) is 0 Å². The maximum atomic E-state index is 0. The quantitative estimate of drug-likeness (QED) is 0.439. The molecule has 0 aliphatic carbocycles. The van der Waals surface area contributed by atoms with E-state index in [1.165, 1.54) is 0 Å². The third-order valence-electron chi connectivity index (χ3n) is 0. The molecule has 0 N–H and O–H groups in total. The van der Waals surface area contributed by atoms with Crippen molar-refractivity contribution in [2.75, 3.05) is 0 Å². The first-order valence-electron chi connectivity index (χ1n) is 0. The molecule has 40 valence electrons. The predicted octanol–water partition coefficient (Wildman–Crippen LogP) is 1.21. The Labute approximate surface area is 36.1 Å². The van der Waals surface area contributed by atoms with Crippen molar-refractivity contribution >= 4 is 13.5 Å². The van der Waals surface area contributed by atoms with E-state index in [1.807, 2.05) is 0 Å². The molecule has 0 spiro atoms. The van der Waals surface area contributed by atoms with E-state index in [0.29, 0.717) is 0 Å². The number of hydrogen-bond donors (Lipinski definition) is 0. The number of halogens is 3. The molecule has 0 unspecified atom stereocenters. The van der Waals surface area contributed by atoms with Gasteiger partial charge in [0.05, 0.1) is 0 Å². The second-order valence-electron chi connectivity index (χ2n) is 0. The Hall–Kier alpha value is 0.140. The smallest absolute Gasteiger partial charge is 0.0776 e. The summed E-state index contributed by atoms with van der Waals surface area (Å²) in [5, 5.41) is 0. The molecule has 0 amide bonds. The van der Waals surface area contributed by atoms with Gasteiger partial charge in [-0.05, 0) is 0 Å². The molecule has 0 aliphatic rings. The first kappa shape index (κ1) is 4490. The van der Waals surface area contributed by atoms with E-state index in [0.717, 1.165) is 0 Å². The molecule has 0 saturated heterocycles. The highest BCUT2D eigenvalue weighted by Gasteiger charge is -0.0775. The zero-order chi connectivity index (χ0) is 0. The molecule has 0 bridgehead atoms. The van der Waals surface area contributed by atoms with Gasteiger partial charge in [-0.3, -0.25) is 14.1 Å². The fraction of sp³-hybridized carbons (Fsp3) is 1.00. The van der Waals surface area contributed by atoms with Crippen LogP contribution in [0.1, 0.15) is 7.43 Å². The summed E-state index contributed by atoms with van der Waals surface area (Å²) in [5.41, 5.74) is 0. The number of rotatable bonds is 0. The molecule has 0 nitrogen and oxygen atoms in total. The van der Waals surface area contributed by atoms with Crippen LogP contribution in [-0.2, 0) is 0 Å². The summed E-state index contributed by atoms with van der Waals surface area (Å²) in [5.74, 6) is 0. The van der Waals surface area contributed by atoms with E-state index in [1.54, 1.807) is 0 Å². The van der Waals surface area contributed by atoms with Gasteiger partial charge in [0.2, 0.25) is 0 Å². The topological polar surface area (TPSA) is 0 Å². The summed E-state index contributed by atoms with van der Waals surface area (Å²) in [6.07, 6.45) is 0. The molecule has 0 radical (unpaired) electrons.